The number of halogens is 1. The van der Waals surface area contributed by atoms with Gasteiger partial charge in [-0.05, 0) is 23.5 Å². The van der Waals surface area contributed by atoms with Gasteiger partial charge in [0.1, 0.15) is 0 Å². The van der Waals surface area contributed by atoms with Gasteiger partial charge in [-0.2, -0.15) is 0 Å². The minimum absolute atomic E-state index is 0. The lowest BCUT2D eigenvalue weighted by Crippen LogP contribution is -2.42. The summed E-state index contributed by atoms with van der Waals surface area (Å²) < 4.78 is 0. The minimum atomic E-state index is 0. The Morgan fingerprint density at radius 1 is 1.06 bits per heavy atom. The molecule has 0 aliphatic carbocycles. The van der Waals surface area contributed by atoms with Gasteiger partial charge in [0.25, 0.3) is 0 Å². The van der Waals surface area contributed by atoms with Crippen molar-refractivity contribution < 1.29 is 0 Å². The van der Waals surface area contributed by atoms with E-state index < -0.39 is 0 Å². The molecule has 3 heteroatoms. The molecule has 0 bridgehead atoms. The predicted molar refractivity (Wildman–Crippen MR) is 80.4 cm³/mol. The summed E-state index contributed by atoms with van der Waals surface area (Å²) in [4.78, 5) is 2.52. The van der Waals surface area contributed by atoms with Crippen LogP contribution < -0.4 is 5.32 Å². The van der Waals surface area contributed by atoms with Crippen molar-refractivity contribution in [1.29, 1.82) is 0 Å². The first-order valence-electron chi connectivity index (χ1n) is 6.75. The van der Waals surface area contributed by atoms with E-state index in [1.165, 1.54) is 30.6 Å². The fourth-order valence-electron chi connectivity index (χ4n) is 2.38. The number of nitrogens with zero attached hydrogens (tertiary/aromatic N) is 1. The van der Waals surface area contributed by atoms with E-state index in [-0.39, 0.29) is 12.4 Å². The number of benzene rings is 1. The first-order valence-corrected chi connectivity index (χ1v) is 6.75. The average Bonchev–Trinajstić information content (AvgIpc) is 2.32. The van der Waals surface area contributed by atoms with E-state index in [2.05, 4.69) is 48.3 Å². The van der Waals surface area contributed by atoms with Crippen molar-refractivity contribution in [3.8, 4) is 0 Å². The lowest BCUT2D eigenvalue weighted by atomic mass is 10.0. The Balaban J connectivity index is 0.00000162. The zero-order chi connectivity index (χ0) is 12.1. The second kappa shape index (κ2) is 7.78. The molecule has 0 radical (unpaired) electrons. The van der Waals surface area contributed by atoms with E-state index in [1.54, 1.807) is 0 Å². The molecule has 0 amide bonds. The van der Waals surface area contributed by atoms with Crippen LogP contribution in [0.1, 0.15) is 25.0 Å². The zero-order valence-corrected chi connectivity index (χ0v) is 12.3. The van der Waals surface area contributed by atoms with Crippen LogP contribution in [0.4, 0.5) is 0 Å². The third-order valence-electron chi connectivity index (χ3n) is 3.28. The van der Waals surface area contributed by atoms with Gasteiger partial charge < -0.3 is 5.32 Å². The molecule has 2 rings (SSSR count). The summed E-state index contributed by atoms with van der Waals surface area (Å²) in [5.74, 6) is 0.744. The molecular weight excluding hydrogens is 244 g/mol. The molecule has 1 aliphatic rings. The third-order valence-corrected chi connectivity index (χ3v) is 3.28. The maximum Gasteiger partial charge on any atom is 0.0234 e. The summed E-state index contributed by atoms with van der Waals surface area (Å²) in [5.41, 5.74) is 2.91. The van der Waals surface area contributed by atoms with Gasteiger partial charge in [-0.1, -0.05) is 38.1 Å². The lowest BCUT2D eigenvalue weighted by Gasteiger charge is -2.27. The van der Waals surface area contributed by atoms with Gasteiger partial charge in [0.2, 0.25) is 0 Å². The highest BCUT2D eigenvalue weighted by Crippen LogP contribution is 2.11. The average molecular weight is 269 g/mol. The second-order valence-corrected chi connectivity index (χ2v) is 5.44. The van der Waals surface area contributed by atoms with Crippen molar-refractivity contribution in [3.05, 3.63) is 35.4 Å². The van der Waals surface area contributed by atoms with Gasteiger partial charge in [-0.15, -0.1) is 12.4 Å². The Labute approximate surface area is 117 Å². The molecule has 0 atom stereocenters. The molecule has 1 heterocycles. The monoisotopic (exact) mass is 268 g/mol. The maximum absolute atomic E-state index is 3.39. The van der Waals surface area contributed by atoms with E-state index in [1.807, 2.05) is 0 Å². The van der Waals surface area contributed by atoms with Gasteiger partial charge in [0.05, 0.1) is 0 Å². The molecule has 1 aromatic rings. The van der Waals surface area contributed by atoms with Crippen LogP contribution in [0.15, 0.2) is 24.3 Å². The van der Waals surface area contributed by atoms with Crippen molar-refractivity contribution in [2.75, 3.05) is 26.2 Å². The quantitative estimate of drug-likeness (QED) is 0.903. The highest BCUT2D eigenvalue weighted by Gasteiger charge is 2.09. The van der Waals surface area contributed by atoms with Crippen LogP contribution in [0.25, 0.3) is 0 Å². The number of hydrogen-bond donors (Lipinski definition) is 1. The number of rotatable bonds is 4. The van der Waals surface area contributed by atoms with Crippen LogP contribution in [-0.2, 0) is 13.0 Å². The Hall–Kier alpha value is -0.570. The van der Waals surface area contributed by atoms with Crippen molar-refractivity contribution in [1.82, 2.24) is 10.2 Å². The number of nitrogens with one attached hydrogen (secondary N) is 1. The highest BCUT2D eigenvalue weighted by atomic mass is 35.5. The summed E-state index contributed by atoms with van der Waals surface area (Å²) >= 11 is 0. The molecular formula is C15H25ClN2. The molecule has 2 nitrogen and oxygen atoms in total. The lowest BCUT2D eigenvalue weighted by molar-refractivity contribution is 0.233. The van der Waals surface area contributed by atoms with Crippen LogP contribution >= 0.6 is 12.4 Å². The molecule has 0 aromatic heterocycles. The van der Waals surface area contributed by atoms with E-state index in [0.717, 1.165) is 25.6 Å². The summed E-state index contributed by atoms with van der Waals surface area (Å²) in [6, 6.07) is 9.16. The number of hydrogen-bond acceptors (Lipinski definition) is 2. The van der Waals surface area contributed by atoms with Crippen LogP contribution in [0, 0.1) is 5.92 Å². The topological polar surface area (TPSA) is 15.3 Å². The van der Waals surface area contributed by atoms with Gasteiger partial charge in [-0.25, -0.2) is 0 Å². The van der Waals surface area contributed by atoms with Gasteiger partial charge in [0.15, 0.2) is 0 Å². The van der Waals surface area contributed by atoms with E-state index in [0.29, 0.717) is 0 Å². The Bertz CT molecular complexity index is 329. The van der Waals surface area contributed by atoms with Crippen LogP contribution in [0.2, 0.25) is 0 Å². The Kier molecular flexibility index (Phi) is 6.69. The summed E-state index contributed by atoms with van der Waals surface area (Å²) in [5, 5.41) is 3.39. The molecule has 1 saturated heterocycles. The smallest absolute Gasteiger partial charge is 0.0234 e. The van der Waals surface area contributed by atoms with Crippen molar-refractivity contribution >= 4 is 12.4 Å². The zero-order valence-electron chi connectivity index (χ0n) is 11.5. The van der Waals surface area contributed by atoms with Gasteiger partial charge >= 0.3 is 0 Å². The molecule has 0 unspecified atom stereocenters. The van der Waals surface area contributed by atoms with Gasteiger partial charge in [-0.3, -0.25) is 4.90 Å². The molecule has 1 aromatic carbocycles. The molecule has 0 saturated carbocycles. The predicted octanol–water partition coefficient (Wildman–Crippen LogP) is 2.71. The first-order chi connectivity index (χ1) is 8.24. The molecule has 1 aliphatic heterocycles. The van der Waals surface area contributed by atoms with E-state index >= 15 is 0 Å². The molecule has 102 valence electrons. The highest BCUT2D eigenvalue weighted by molar-refractivity contribution is 5.85. The SMILES string of the molecule is CC(C)Cc1ccc(CN2CCNCC2)cc1.Cl. The standard InChI is InChI=1S/C15H24N2.ClH/c1-13(2)11-14-3-5-15(6-4-14)12-17-9-7-16-8-10-17;/h3-6,13,16H,7-12H2,1-2H3;1H. The van der Waals surface area contributed by atoms with Crippen molar-refractivity contribution in [2.45, 2.75) is 26.8 Å². The third kappa shape index (κ3) is 4.97. The van der Waals surface area contributed by atoms with Crippen LogP contribution in [0.3, 0.4) is 0 Å². The first kappa shape index (κ1) is 15.5. The normalized spacial score (nSPS) is 16.6. The van der Waals surface area contributed by atoms with E-state index in [9.17, 15) is 0 Å². The fraction of sp³-hybridized carbons (Fsp3) is 0.600. The second-order valence-electron chi connectivity index (χ2n) is 5.44. The molecule has 1 fully saturated rings. The Morgan fingerprint density at radius 3 is 2.17 bits per heavy atom. The molecule has 18 heavy (non-hydrogen) atoms. The van der Waals surface area contributed by atoms with Crippen molar-refractivity contribution in [3.63, 3.8) is 0 Å². The van der Waals surface area contributed by atoms with E-state index in [4.69, 9.17) is 0 Å². The summed E-state index contributed by atoms with van der Waals surface area (Å²) in [7, 11) is 0. The summed E-state index contributed by atoms with van der Waals surface area (Å²) in [6.45, 7) is 10.3. The van der Waals surface area contributed by atoms with Gasteiger partial charge in [0, 0.05) is 32.7 Å². The fourth-order valence-corrected chi connectivity index (χ4v) is 2.38. The minimum Gasteiger partial charge on any atom is -0.314 e. The van der Waals surface area contributed by atoms with Crippen LogP contribution in [0.5, 0.6) is 0 Å². The Morgan fingerprint density at radius 2 is 1.61 bits per heavy atom. The van der Waals surface area contributed by atoms with Crippen LogP contribution in [-0.4, -0.2) is 31.1 Å². The molecule has 1 N–H and O–H groups in total. The molecule has 0 spiro atoms. The largest absolute Gasteiger partial charge is 0.314 e. The number of piperazine rings is 1. The maximum atomic E-state index is 3.39. The summed E-state index contributed by atoms with van der Waals surface area (Å²) in [6.07, 6.45) is 1.19. The van der Waals surface area contributed by atoms with Crippen molar-refractivity contribution in [2.24, 2.45) is 5.92 Å².